The van der Waals surface area contributed by atoms with Gasteiger partial charge in [-0.2, -0.15) is 0 Å². The molecule has 2 N–H and O–H groups in total. The van der Waals surface area contributed by atoms with E-state index in [2.05, 4.69) is 10.6 Å². The average Bonchev–Trinajstić information content (AvgIpc) is 3.52. The number of hydrogen-bond acceptors (Lipinski definition) is 4. The summed E-state index contributed by atoms with van der Waals surface area (Å²) < 4.78 is 5.43. The Morgan fingerprint density at radius 2 is 1.90 bits per heavy atom. The lowest BCUT2D eigenvalue weighted by atomic mass is 10.1. The fraction of sp³-hybridized carbons (Fsp3) is 0.391. The van der Waals surface area contributed by atoms with Gasteiger partial charge in [0.2, 0.25) is 0 Å². The highest BCUT2D eigenvalue weighted by Gasteiger charge is 2.36. The number of ether oxygens (including phenoxy) is 1. The van der Waals surface area contributed by atoms with E-state index in [-0.39, 0.29) is 18.0 Å². The smallest absolute Gasteiger partial charge is 0.256 e. The third-order valence-electron chi connectivity index (χ3n) is 5.31. The molecule has 1 fully saturated rings. The van der Waals surface area contributed by atoms with Crippen molar-refractivity contribution in [3.63, 3.8) is 0 Å². The largest absolute Gasteiger partial charge is 0.382 e. The Bertz CT molecular complexity index is 877. The molecule has 2 aliphatic rings. The lowest BCUT2D eigenvalue weighted by molar-refractivity contribution is 0.0708. The van der Waals surface area contributed by atoms with Crippen LogP contribution < -0.4 is 10.6 Å². The van der Waals surface area contributed by atoms with Crippen LogP contribution in [0, 0.1) is 0 Å². The molecule has 1 aliphatic heterocycles. The molecule has 1 heterocycles. The lowest BCUT2D eigenvalue weighted by Crippen LogP contribution is -2.33. The Balaban J connectivity index is 1.48. The van der Waals surface area contributed by atoms with Gasteiger partial charge in [-0.05, 0) is 56.5 Å². The van der Waals surface area contributed by atoms with Gasteiger partial charge < -0.3 is 20.3 Å². The van der Waals surface area contributed by atoms with E-state index < -0.39 is 0 Å². The molecule has 0 radical (unpaired) electrons. The second kappa shape index (κ2) is 8.66. The van der Waals surface area contributed by atoms with Crippen LogP contribution in [0.25, 0.3) is 0 Å². The summed E-state index contributed by atoms with van der Waals surface area (Å²) in [6.45, 7) is 3.90. The first-order chi connectivity index (χ1) is 14.2. The number of anilines is 1. The predicted molar refractivity (Wildman–Crippen MR) is 112 cm³/mol. The summed E-state index contributed by atoms with van der Waals surface area (Å²) in [5.41, 5.74) is 3.24. The van der Waals surface area contributed by atoms with E-state index in [0.29, 0.717) is 31.4 Å². The highest BCUT2D eigenvalue weighted by Crippen LogP contribution is 2.34. The molecule has 2 aromatic carbocycles. The molecule has 0 saturated heterocycles. The van der Waals surface area contributed by atoms with Crippen molar-refractivity contribution in [2.45, 2.75) is 38.4 Å². The van der Waals surface area contributed by atoms with Gasteiger partial charge in [-0.3, -0.25) is 9.59 Å². The Morgan fingerprint density at radius 1 is 1.14 bits per heavy atom. The standard InChI is InChI=1S/C23H27N3O3/c1-2-29-15-5-14-26-21(19-6-3-4-7-20(19)23(26)28)24-17-10-8-16(9-11-17)22(27)25-18-12-13-18/h3-4,6-11,18,21,24H,2,5,12-15H2,1H3,(H,25,27)/t21-/m1/s1. The van der Waals surface area contributed by atoms with E-state index in [9.17, 15) is 9.59 Å². The Kier molecular flexibility index (Phi) is 5.81. The Labute approximate surface area is 171 Å². The maximum atomic E-state index is 12.9. The van der Waals surface area contributed by atoms with Crippen molar-refractivity contribution in [2.75, 3.05) is 25.1 Å². The monoisotopic (exact) mass is 393 g/mol. The van der Waals surface area contributed by atoms with E-state index in [1.165, 1.54) is 0 Å². The van der Waals surface area contributed by atoms with Crippen LogP contribution in [0.3, 0.4) is 0 Å². The molecule has 0 spiro atoms. The maximum Gasteiger partial charge on any atom is 0.256 e. The number of carbonyl (C=O) groups is 2. The SMILES string of the molecule is CCOCCCN1C(=O)c2ccccc2[C@@H]1Nc1ccc(C(=O)NC2CC2)cc1. The highest BCUT2D eigenvalue weighted by atomic mass is 16.5. The second-order valence-electron chi connectivity index (χ2n) is 7.51. The van der Waals surface area contributed by atoms with Crippen LogP contribution in [0.4, 0.5) is 5.69 Å². The van der Waals surface area contributed by atoms with Crippen LogP contribution in [0.15, 0.2) is 48.5 Å². The first-order valence-corrected chi connectivity index (χ1v) is 10.3. The first-order valence-electron chi connectivity index (χ1n) is 10.3. The third-order valence-corrected chi connectivity index (χ3v) is 5.31. The van der Waals surface area contributed by atoms with Gasteiger partial charge in [-0.1, -0.05) is 18.2 Å². The number of nitrogens with zero attached hydrogens (tertiary/aromatic N) is 1. The molecule has 29 heavy (non-hydrogen) atoms. The number of amides is 2. The molecule has 152 valence electrons. The van der Waals surface area contributed by atoms with Gasteiger partial charge in [0.05, 0.1) is 0 Å². The van der Waals surface area contributed by atoms with Crippen LogP contribution in [0.5, 0.6) is 0 Å². The number of hydrogen-bond donors (Lipinski definition) is 2. The minimum atomic E-state index is -0.230. The molecule has 4 rings (SSSR count). The van der Waals surface area contributed by atoms with Crippen molar-refractivity contribution in [1.82, 2.24) is 10.2 Å². The molecular weight excluding hydrogens is 366 g/mol. The number of nitrogens with one attached hydrogen (secondary N) is 2. The van der Waals surface area contributed by atoms with Gasteiger partial charge in [-0.25, -0.2) is 0 Å². The van der Waals surface area contributed by atoms with Crippen LogP contribution in [0.2, 0.25) is 0 Å². The quantitative estimate of drug-likeness (QED) is 0.639. The highest BCUT2D eigenvalue weighted by molar-refractivity contribution is 5.99. The molecule has 0 aromatic heterocycles. The van der Waals surface area contributed by atoms with Gasteiger partial charge in [0.1, 0.15) is 6.17 Å². The van der Waals surface area contributed by atoms with E-state index in [0.717, 1.165) is 36.1 Å². The van der Waals surface area contributed by atoms with Crippen molar-refractivity contribution < 1.29 is 14.3 Å². The molecule has 1 saturated carbocycles. The maximum absolute atomic E-state index is 12.9. The molecule has 6 nitrogen and oxygen atoms in total. The molecule has 6 heteroatoms. The summed E-state index contributed by atoms with van der Waals surface area (Å²) in [5.74, 6) is 0.00743. The summed E-state index contributed by atoms with van der Waals surface area (Å²) in [6, 6.07) is 15.5. The zero-order chi connectivity index (χ0) is 20.2. The lowest BCUT2D eigenvalue weighted by Gasteiger charge is -2.27. The van der Waals surface area contributed by atoms with Gasteiger partial charge in [0, 0.05) is 48.2 Å². The van der Waals surface area contributed by atoms with Crippen molar-refractivity contribution in [3.8, 4) is 0 Å². The zero-order valence-corrected chi connectivity index (χ0v) is 16.7. The van der Waals surface area contributed by atoms with Crippen molar-refractivity contribution >= 4 is 17.5 Å². The molecular formula is C23H27N3O3. The van der Waals surface area contributed by atoms with Crippen LogP contribution in [-0.4, -0.2) is 42.5 Å². The molecule has 2 aromatic rings. The summed E-state index contributed by atoms with van der Waals surface area (Å²) in [7, 11) is 0. The summed E-state index contributed by atoms with van der Waals surface area (Å²) in [4.78, 5) is 26.9. The minimum absolute atomic E-state index is 0.0296. The van der Waals surface area contributed by atoms with Crippen molar-refractivity contribution in [1.29, 1.82) is 0 Å². The van der Waals surface area contributed by atoms with Gasteiger partial charge in [0.25, 0.3) is 11.8 Å². The summed E-state index contributed by atoms with van der Waals surface area (Å²) in [6.07, 6.45) is 2.69. The van der Waals surface area contributed by atoms with Crippen molar-refractivity contribution in [2.24, 2.45) is 0 Å². The molecule has 1 atom stereocenters. The molecule has 1 aliphatic carbocycles. The molecule has 2 amide bonds. The van der Waals surface area contributed by atoms with Gasteiger partial charge in [0.15, 0.2) is 0 Å². The van der Waals surface area contributed by atoms with E-state index in [1.807, 2.05) is 60.4 Å². The molecule has 0 unspecified atom stereocenters. The van der Waals surface area contributed by atoms with Gasteiger partial charge in [-0.15, -0.1) is 0 Å². The van der Waals surface area contributed by atoms with Crippen molar-refractivity contribution in [3.05, 3.63) is 65.2 Å². The number of fused-ring (bicyclic) bond motifs is 1. The number of rotatable bonds is 9. The van der Waals surface area contributed by atoms with E-state index in [1.54, 1.807) is 0 Å². The van der Waals surface area contributed by atoms with E-state index in [4.69, 9.17) is 4.74 Å². The zero-order valence-electron chi connectivity index (χ0n) is 16.7. The van der Waals surface area contributed by atoms with Crippen LogP contribution in [0.1, 0.15) is 58.6 Å². The predicted octanol–water partition coefficient (Wildman–Crippen LogP) is 3.57. The Morgan fingerprint density at radius 3 is 2.62 bits per heavy atom. The number of carbonyl (C=O) groups excluding carboxylic acids is 2. The van der Waals surface area contributed by atoms with Crippen LogP contribution in [-0.2, 0) is 4.74 Å². The third kappa shape index (κ3) is 4.43. The minimum Gasteiger partial charge on any atom is -0.382 e. The molecule has 0 bridgehead atoms. The topological polar surface area (TPSA) is 70.7 Å². The summed E-state index contributed by atoms with van der Waals surface area (Å²) in [5, 5.41) is 6.47. The summed E-state index contributed by atoms with van der Waals surface area (Å²) >= 11 is 0. The second-order valence-corrected chi connectivity index (χ2v) is 7.51. The normalized spacial score (nSPS) is 17.9. The van der Waals surface area contributed by atoms with E-state index >= 15 is 0 Å². The fourth-order valence-corrected chi connectivity index (χ4v) is 3.61. The van der Waals surface area contributed by atoms with Gasteiger partial charge >= 0.3 is 0 Å². The average molecular weight is 393 g/mol. The number of benzene rings is 2. The fourth-order valence-electron chi connectivity index (χ4n) is 3.61. The van der Waals surface area contributed by atoms with Crippen LogP contribution >= 0.6 is 0 Å². The first kappa shape index (κ1) is 19.5. The Hall–Kier alpha value is -2.86.